The van der Waals surface area contributed by atoms with Crippen molar-refractivity contribution in [1.29, 1.82) is 0 Å². The summed E-state index contributed by atoms with van der Waals surface area (Å²) in [4.78, 5) is 23.9. The van der Waals surface area contributed by atoms with E-state index in [1.54, 1.807) is 6.92 Å². The Balaban J connectivity index is 1.27. The lowest BCUT2D eigenvalue weighted by Crippen LogP contribution is -2.29. The van der Waals surface area contributed by atoms with Gasteiger partial charge in [-0.1, -0.05) is 136 Å². The van der Waals surface area contributed by atoms with E-state index in [1.165, 1.54) is 67.4 Å². The molecule has 0 fully saturated rings. The molecule has 0 aliphatic heterocycles. The van der Waals surface area contributed by atoms with Crippen LogP contribution in [0, 0.1) is 0 Å². The maximum atomic E-state index is 12.2. The van der Waals surface area contributed by atoms with E-state index in [-0.39, 0.29) is 17.0 Å². The number of carbonyl (C=O) groups is 2. The summed E-state index contributed by atoms with van der Waals surface area (Å²) in [5.41, 5.74) is 5.19. The highest BCUT2D eigenvalue weighted by atomic mass is 16.1. The van der Waals surface area contributed by atoms with Crippen molar-refractivity contribution < 1.29 is 9.59 Å². The molecule has 1 aliphatic carbocycles. The summed E-state index contributed by atoms with van der Waals surface area (Å²) in [6, 6.07) is 33.0. The number of rotatable bonds is 14. The van der Waals surface area contributed by atoms with E-state index >= 15 is 0 Å². The molecule has 0 bridgehead atoms. The van der Waals surface area contributed by atoms with Gasteiger partial charge in [-0.3, -0.25) is 9.59 Å². The Labute approximate surface area is 228 Å². The predicted octanol–water partition coefficient (Wildman–Crippen LogP) is 8.95. The molecule has 0 radical (unpaired) electrons. The number of hydrogen-bond acceptors (Lipinski definition) is 2. The van der Waals surface area contributed by atoms with Crippen LogP contribution in [0.15, 0.2) is 114 Å². The van der Waals surface area contributed by atoms with E-state index in [0.717, 1.165) is 25.7 Å². The second kappa shape index (κ2) is 13.9. The van der Waals surface area contributed by atoms with Gasteiger partial charge in [0.1, 0.15) is 0 Å². The molecule has 4 rings (SSSR count). The molecule has 0 amide bonds. The minimum Gasteiger partial charge on any atom is -0.290 e. The van der Waals surface area contributed by atoms with E-state index in [1.807, 2.05) is 0 Å². The molecule has 196 valence electrons. The van der Waals surface area contributed by atoms with Crippen LogP contribution in [0.5, 0.6) is 0 Å². The highest BCUT2D eigenvalue weighted by molar-refractivity contribution is 6.19. The van der Waals surface area contributed by atoms with E-state index in [4.69, 9.17) is 0 Å². The number of allylic oxidation sites excluding steroid dienone is 4. The zero-order chi connectivity index (χ0) is 26.6. The normalized spacial score (nSPS) is 13.8. The smallest absolute Gasteiger partial charge is 0.184 e. The summed E-state index contributed by atoms with van der Waals surface area (Å²) in [6.07, 6.45) is 14.2. The average Bonchev–Trinajstić information content (AvgIpc) is 2.96. The van der Waals surface area contributed by atoms with Crippen LogP contribution in [0.4, 0.5) is 0 Å². The van der Waals surface area contributed by atoms with Gasteiger partial charge in [0.05, 0.1) is 0 Å². The van der Waals surface area contributed by atoms with Crippen LogP contribution in [0.2, 0.25) is 0 Å². The quantitative estimate of drug-likeness (QED) is 0.125. The van der Waals surface area contributed by atoms with Gasteiger partial charge in [-0.15, -0.1) is 0 Å². The third kappa shape index (κ3) is 6.86. The van der Waals surface area contributed by atoms with Crippen molar-refractivity contribution in [1.82, 2.24) is 0 Å². The lowest BCUT2D eigenvalue weighted by molar-refractivity contribution is -0.115. The van der Waals surface area contributed by atoms with E-state index in [0.29, 0.717) is 11.1 Å². The van der Waals surface area contributed by atoms with Crippen LogP contribution >= 0.6 is 0 Å². The fourth-order valence-electron chi connectivity index (χ4n) is 5.86. The van der Waals surface area contributed by atoms with Gasteiger partial charge in [0, 0.05) is 16.6 Å². The van der Waals surface area contributed by atoms with Gasteiger partial charge in [-0.2, -0.15) is 0 Å². The molecule has 0 unspecified atom stereocenters. The molecular weight excluding hydrogens is 464 g/mol. The van der Waals surface area contributed by atoms with Gasteiger partial charge in [0.25, 0.3) is 0 Å². The van der Waals surface area contributed by atoms with Crippen molar-refractivity contribution in [2.24, 2.45) is 0 Å². The predicted molar refractivity (Wildman–Crippen MR) is 157 cm³/mol. The molecule has 3 aromatic carbocycles. The maximum absolute atomic E-state index is 12.2. The van der Waals surface area contributed by atoms with Gasteiger partial charge in [0.2, 0.25) is 0 Å². The van der Waals surface area contributed by atoms with Gasteiger partial charge in [0.15, 0.2) is 11.6 Å². The molecule has 3 aromatic rings. The van der Waals surface area contributed by atoms with Crippen molar-refractivity contribution in [3.05, 3.63) is 131 Å². The molecule has 1 aliphatic rings. The molecule has 0 heterocycles. The number of hydrogen-bond donors (Lipinski definition) is 0. The topological polar surface area (TPSA) is 34.1 Å². The Bertz CT molecular complexity index is 1140. The summed E-state index contributed by atoms with van der Waals surface area (Å²) in [7, 11) is 0. The zero-order valence-corrected chi connectivity index (χ0v) is 22.7. The van der Waals surface area contributed by atoms with Crippen LogP contribution in [0.3, 0.4) is 0 Å². The van der Waals surface area contributed by atoms with E-state index in [2.05, 4.69) is 91.0 Å². The van der Waals surface area contributed by atoms with Gasteiger partial charge in [-0.05, 0) is 55.0 Å². The van der Waals surface area contributed by atoms with Gasteiger partial charge in [-0.25, -0.2) is 0 Å². The lowest BCUT2D eigenvalue weighted by atomic mass is 9.66. The summed E-state index contributed by atoms with van der Waals surface area (Å²) < 4.78 is 0. The molecule has 0 saturated carbocycles. The highest BCUT2D eigenvalue weighted by Crippen LogP contribution is 2.43. The minimum absolute atomic E-state index is 0.0437. The Kier molecular flexibility index (Phi) is 10.0. The van der Waals surface area contributed by atoms with Gasteiger partial charge < -0.3 is 0 Å². The van der Waals surface area contributed by atoms with Crippen LogP contribution in [0.25, 0.3) is 0 Å². The first-order valence-corrected chi connectivity index (χ1v) is 14.3. The lowest BCUT2D eigenvalue weighted by Gasteiger charge is -2.36. The number of unbranched alkanes of at least 4 members (excludes halogenated alkanes) is 7. The second-order valence-electron chi connectivity index (χ2n) is 10.6. The third-order valence-electron chi connectivity index (χ3n) is 7.87. The summed E-state index contributed by atoms with van der Waals surface area (Å²) in [6.45, 7) is 1.73. The minimum atomic E-state index is -0.149. The number of benzene rings is 3. The first-order valence-electron chi connectivity index (χ1n) is 14.3. The monoisotopic (exact) mass is 504 g/mol. The molecular formula is C36H40O2. The Hall–Kier alpha value is -3.52. The SMILES string of the molecule is CC1=CC(=O)C=C(CCCCCCCCCCC(c2ccccc2)(c2ccccc2)c2ccccc2)C1=O. The number of Topliss-reactive ketones (excluding diaryl/α,β-unsaturated/α-hetero) is 1. The van der Waals surface area contributed by atoms with Crippen molar-refractivity contribution in [3.8, 4) is 0 Å². The summed E-state index contributed by atoms with van der Waals surface area (Å²) in [5, 5.41) is 0. The maximum Gasteiger partial charge on any atom is 0.184 e. The van der Waals surface area contributed by atoms with Crippen molar-refractivity contribution in [3.63, 3.8) is 0 Å². The van der Waals surface area contributed by atoms with Crippen LogP contribution in [0.1, 0.15) is 87.8 Å². The summed E-state index contributed by atoms with van der Waals surface area (Å²) >= 11 is 0. The fourth-order valence-corrected chi connectivity index (χ4v) is 5.86. The molecule has 0 aromatic heterocycles. The zero-order valence-electron chi connectivity index (χ0n) is 22.7. The number of ketones is 2. The van der Waals surface area contributed by atoms with Crippen molar-refractivity contribution in [2.75, 3.05) is 0 Å². The Morgan fingerprint density at radius 1 is 0.526 bits per heavy atom. The van der Waals surface area contributed by atoms with Crippen LogP contribution in [-0.2, 0) is 15.0 Å². The Morgan fingerprint density at radius 2 is 0.947 bits per heavy atom. The molecule has 0 spiro atoms. The second-order valence-corrected chi connectivity index (χ2v) is 10.6. The Morgan fingerprint density at radius 3 is 1.42 bits per heavy atom. The molecule has 2 nitrogen and oxygen atoms in total. The average molecular weight is 505 g/mol. The third-order valence-corrected chi connectivity index (χ3v) is 7.87. The van der Waals surface area contributed by atoms with Crippen molar-refractivity contribution >= 4 is 11.6 Å². The van der Waals surface area contributed by atoms with Crippen molar-refractivity contribution in [2.45, 2.75) is 76.5 Å². The highest BCUT2D eigenvalue weighted by Gasteiger charge is 2.35. The molecule has 38 heavy (non-hydrogen) atoms. The molecule has 2 heteroatoms. The molecule has 0 saturated heterocycles. The first-order chi connectivity index (χ1) is 18.6. The molecule has 0 atom stereocenters. The largest absolute Gasteiger partial charge is 0.290 e. The summed E-state index contributed by atoms with van der Waals surface area (Å²) in [5.74, 6) is -0.00454. The van der Waals surface area contributed by atoms with E-state index < -0.39 is 0 Å². The van der Waals surface area contributed by atoms with E-state index in [9.17, 15) is 9.59 Å². The first kappa shape index (κ1) is 27.5. The standard InChI is InChI=1S/C36H40O2/c1-29-27-34(37)28-30(35(29)38)19-11-6-4-2-3-5-7-18-26-36(31-20-12-8-13-21-31,32-22-14-9-15-23-32)33-24-16-10-17-25-33/h8-10,12-17,20-25,27-28H,2-7,11,18-19,26H2,1H3. The van der Waals surface area contributed by atoms with Gasteiger partial charge >= 0.3 is 0 Å². The van der Waals surface area contributed by atoms with Crippen LogP contribution in [-0.4, -0.2) is 11.6 Å². The fraction of sp³-hybridized carbons (Fsp3) is 0.333. The van der Waals surface area contributed by atoms with Crippen LogP contribution < -0.4 is 0 Å². The molecule has 0 N–H and O–H groups in total. The number of carbonyl (C=O) groups excluding carboxylic acids is 2.